The zero-order chi connectivity index (χ0) is 12.3. The third-order valence-electron chi connectivity index (χ3n) is 2.07. The highest BCUT2D eigenvalue weighted by Gasteiger charge is 2.06. The van der Waals surface area contributed by atoms with Gasteiger partial charge in [-0.3, -0.25) is 9.97 Å². The summed E-state index contributed by atoms with van der Waals surface area (Å²) in [4.78, 5) is 8.23. The summed E-state index contributed by atoms with van der Waals surface area (Å²) in [6.45, 7) is 0.632. The van der Waals surface area contributed by atoms with Gasteiger partial charge in [-0.05, 0) is 44.0 Å². The Morgan fingerprint density at radius 2 is 1.76 bits per heavy atom. The van der Waals surface area contributed by atoms with Crippen LogP contribution in [0.4, 0.5) is 5.69 Å². The number of rotatable bonds is 3. The monoisotopic (exact) mass is 419 g/mol. The molecule has 0 saturated heterocycles. The molecular weight excluding hydrogens is 414 g/mol. The molecule has 0 aliphatic rings. The van der Waals surface area contributed by atoms with E-state index in [1.54, 1.807) is 18.6 Å². The Labute approximate surface area is 124 Å². The summed E-state index contributed by atoms with van der Waals surface area (Å²) in [6.07, 6.45) is 5.09. The van der Waals surface area contributed by atoms with Crippen molar-refractivity contribution in [2.75, 3.05) is 5.32 Å². The number of benzene rings is 1. The van der Waals surface area contributed by atoms with Gasteiger partial charge in [0.1, 0.15) is 0 Å². The summed E-state index contributed by atoms with van der Waals surface area (Å²) in [5.74, 6) is 0. The first-order valence-corrected chi connectivity index (χ1v) is 7.18. The first-order valence-electron chi connectivity index (χ1n) is 4.80. The second-order valence-electron chi connectivity index (χ2n) is 3.29. The van der Waals surface area contributed by atoms with Gasteiger partial charge in [0, 0.05) is 25.8 Å². The van der Waals surface area contributed by atoms with Gasteiger partial charge in [-0.15, -0.1) is 0 Å². The van der Waals surface area contributed by atoms with Crippen LogP contribution in [0.3, 0.4) is 0 Å². The number of nitrogens with one attached hydrogen (secondary N) is 1. The maximum atomic E-state index is 4.21. The first kappa shape index (κ1) is 13.0. The van der Waals surface area contributed by atoms with Crippen molar-refractivity contribution in [3.63, 3.8) is 0 Å². The van der Waals surface area contributed by atoms with E-state index in [1.165, 1.54) is 0 Å². The topological polar surface area (TPSA) is 37.8 Å². The Bertz CT molecular complexity index is 494. The highest BCUT2D eigenvalue weighted by molar-refractivity contribution is 9.11. The number of anilines is 1. The third-order valence-corrected chi connectivity index (χ3v) is 3.78. The van der Waals surface area contributed by atoms with Crippen molar-refractivity contribution in [3.05, 3.63) is 49.8 Å². The number of hydrogen-bond donors (Lipinski definition) is 1. The fourth-order valence-electron chi connectivity index (χ4n) is 1.31. The molecule has 0 bridgehead atoms. The summed E-state index contributed by atoms with van der Waals surface area (Å²) >= 11 is 10.5. The minimum absolute atomic E-state index is 0.632. The lowest BCUT2D eigenvalue weighted by Crippen LogP contribution is -2.03. The molecule has 0 aliphatic heterocycles. The van der Waals surface area contributed by atoms with Gasteiger partial charge < -0.3 is 5.32 Å². The molecule has 0 spiro atoms. The molecule has 0 saturated carbocycles. The molecule has 0 unspecified atom stereocenters. The molecule has 3 nitrogen and oxygen atoms in total. The van der Waals surface area contributed by atoms with Crippen molar-refractivity contribution in [2.24, 2.45) is 0 Å². The van der Waals surface area contributed by atoms with Crippen LogP contribution < -0.4 is 5.32 Å². The fraction of sp³-hybridized carbons (Fsp3) is 0.0909. The van der Waals surface area contributed by atoms with Gasteiger partial charge in [-0.25, -0.2) is 0 Å². The predicted molar refractivity (Wildman–Crippen MR) is 78.9 cm³/mol. The van der Waals surface area contributed by atoms with Crippen LogP contribution in [0.15, 0.2) is 44.1 Å². The van der Waals surface area contributed by atoms with Crippen molar-refractivity contribution in [2.45, 2.75) is 6.54 Å². The minimum atomic E-state index is 0.632. The number of aromatic nitrogens is 2. The molecule has 1 N–H and O–H groups in total. The van der Waals surface area contributed by atoms with E-state index in [2.05, 4.69) is 63.1 Å². The summed E-state index contributed by atoms with van der Waals surface area (Å²) in [5.41, 5.74) is 1.90. The lowest BCUT2D eigenvalue weighted by molar-refractivity contribution is 1.01. The molecule has 0 aliphatic carbocycles. The highest BCUT2D eigenvalue weighted by atomic mass is 79.9. The van der Waals surface area contributed by atoms with E-state index < -0.39 is 0 Å². The molecule has 88 valence electrons. The van der Waals surface area contributed by atoms with Crippen LogP contribution in [0.1, 0.15) is 5.69 Å². The number of halogens is 3. The van der Waals surface area contributed by atoms with Crippen LogP contribution in [0, 0.1) is 0 Å². The summed E-state index contributed by atoms with van der Waals surface area (Å²) in [7, 11) is 0. The molecule has 2 rings (SSSR count). The average Bonchev–Trinajstić information content (AvgIpc) is 2.29. The average molecular weight is 422 g/mol. The predicted octanol–water partition coefficient (Wildman–Crippen LogP) is 4.38. The van der Waals surface area contributed by atoms with Crippen molar-refractivity contribution in [3.8, 4) is 0 Å². The van der Waals surface area contributed by atoms with Crippen LogP contribution >= 0.6 is 47.8 Å². The standard InChI is InChI=1S/C11H8Br3N3/c12-7-3-9(13)11(10(14)4-7)17-6-8-5-15-1-2-16-8/h1-5,17H,6H2. The van der Waals surface area contributed by atoms with E-state index in [9.17, 15) is 0 Å². The molecule has 6 heteroatoms. The van der Waals surface area contributed by atoms with Gasteiger partial charge in [0.05, 0.1) is 24.1 Å². The van der Waals surface area contributed by atoms with Crippen molar-refractivity contribution in [1.29, 1.82) is 0 Å². The number of hydrogen-bond acceptors (Lipinski definition) is 3. The molecule has 0 radical (unpaired) electrons. The summed E-state index contributed by atoms with van der Waals surface area (Å²) < 4.78 is 2.99. The zero-order valence-electron chi connectivity index (χ0n) is 8.62. The molecular formula is C11H8Br3N3. The lowest BCUT2D eigenvalue weighted by Gasteiger charge is -2.10. The summed E-state index contributed by atoms with van der Waals surface area (Å²) in [5, 5.41) is 3.31. The fourth-order valence-corrected chi connectivity index (χ4v) is 3.85. The first-order chi connectivity index (χ1) is 8.16. The lowest BCUT2D eigenvalue weighted by atomic mass is 10.3. The normalized spacial score (nSPS) is 10.3. The van der Waals surface area contributed by atoms with Crippen LogP contribution in [-0.2, 0) is 6.54 Å². The Kier molecular flexibility index (Phi) is 4.53. The maximum absolute atomic E-state index is 4.21. The molecule has 0 amide bonds. The van der Waals surface area contributed by atoms with E-state index in [4.69, 9.17) is 0 Å². The minimum Gasteiger partial charge on any atom is -0.377 e. The van der Waals surface area contributed by atoms with E-state index >= 15 is 0 Å². The maximum Gasteiger partial charge on any atom is 0.0777 e. The largest absolute Gasteiger partial charge is 0.377 e. The van der Waals surface area contributed by atoms with Gasteiger partial charge in [0.2, 0.25) is 0 Å². The van der Waals surface area contributed by atoms with Crippen LogP contribution in [0.25, 0.3) is 0 Å². The zero-order valence-corrected chi connectivity index (χ0v) is 13.4. The van der Waals surface area contributed by atoms with E-state index in [1.807, 2.05) is 12.1 Å². The Hall–Kier alpha value is -0.460. The quantitative estimate of drug-likeness (QED) is 0.799. The van der Waals surface area contributed by atoms with Gasteiger partial charge in [-0.2, -0.15) is 0 Å². The Morgan fingerprint density at radius 1 is 1.06 bits per heavy atom. The van der Waals surface area contributed by atoms with Gasteiger partial charge in [0.25, 0.3) is 0 Å². The highest BCUT2D eigenvalue weighted by Crippen LogP contribution is 2.34. The molecule has 0 fully saturated rings. The van der Waals surface area contributed by atoms with E-state index in [0.717, 1.165) is 24.8 Å². The molecule has 2 aromatic rings. The van der Waals surface area contributed by atoms with Gasteiger partial charge in [-0.1, -0.05) is 15.9 Å². The van der Waals surface area contributed by atoms with Crippen molar-refractivity contribution in [1.82, 2.24) is 9.97 Å². The van der Waals surface area contributed by atoms with Crippen LogP contribution in [0.5, 0.6) is 0 Å². The second kappa shape index (κ2) is 5.93. The van der Waals surface area contributed by atoms with Crippen molar-refractivity contribution >= 4 is 53.5 Å². The molecule has 1 heterocycles. The van der Waals surface area contributed by atoms with Crippen LogP contribution in [0.2, 0.25) is 0 Å². The smallest absolute Gasteiger partial charge is 0.0777 e. The Balaban J connectivity index is 2.15. The molecule has 1 aromatic heterocycles. The molecule has 0 atom stereocenters. The van der Waals surface area contributed by atoms with Crippen LogP contribution in [-0.4, -0.2) is 9.97 Å². The Morgan fingerprint density at radius 3 is 2.35 bits per heavy atom. The second-order valence-corrected chi connectivity index (χ2v) is 5.92. The number of nitrogens with zero attached hydrogens (tertiary/aromatic N) is 2. The third kappa shape index (κ3) is 3.50. The van der Waals surface area contributed by atoms with Gasteiger partial charge >= 0.3 is 0 Å². The van der Waals surface area contributed by atoms with E-state index in [-0.39, 0.29) is 0 Å². The summed E-state index contributed by atoms with van der Waals surface area (Å²) in [6, 6.07) is 3.98. The molecule has 1 aromatic carbocycles. The van der Waals surface area contributed by atoms with E-state index in [0.29, 0.717) is 6.54 Å². The molecule has 17 heavy (non-hydrogen) atoms. The van der Waals surface area contributed by atoms with Crippen molar-refractivity contribution < 1.29 is 0 Å². The van der Waals surface area contributed by atoms with Gasteiger partial charge in [0.15, 0.2) is 0 Å². The SMILES string of the molecule is Brc1cc(Br)c(NCc2cnccn2)c(Br)c1.